The maximum Gasteiger partial charge on any atom is 0.193 e. The lowest BCUT2D eigenvalue weighted by Crippen LogP contribution is -2.55. The predicted molar refractivity (Wildman–Crippen MR) is 111 cm³/mol. The maximum absolute atomic E-state index is 10.5. The predicted octanol–water partition coefficient (Wildman–Crippen LogP) is 0.702. The Bertz CT molecular complexity index is 407. The molecule has 3 fully saturated rings. The van der Waals surface area contributed by atoms with Crippen molar-refractivity contribution in [2.24, 2.45) is 10.9 Å². The molecule has 0 aromatic heterocycles. The number of piperazine rings is 1. The van der Waals surface area contributed by atoms with Crippen molar-refractivity contribution >= 4 is 41.7 Å². The highest BCUT2D eigenvalue weighted by molar-refractivity contribution is 14.0. The first kappa shape index (κ1) is 20.5. The number of nitrogens with one attached hydrogen (secondary N) is 1. The van der Waals surface area contributed by atoms with E-state index < -0.39 is 5.60 Å². The van der Waals surface area contributed by atoms with E-state index in [0.717, 1.165) is 69.8 Å². The SMILES string of the molecule is CN=C(NCC1(O)CCSC1)N1CCN(CC2CCOC2)CC1.I. The summed E-state index contributed by atoms with van der Waals surface area (Å²) in [7, 11) is 1.83. The van der Waals surface area contributed by atoms with E-state index in [1.165, 1.54) is 6.42 Å². The second-order valence-electron chi connectivity index (χ2n) is 6.94. The number of aliphatic hydroxyl groups is 1. The van der Waals surface area contributed by atoms with Crippen LogP contribution in [0.5, 0.6) is 0 Å². The van der Waals surface area contributed by atoms with Gasteiger partial charge in [-0.2, -0.15) is 11.8 Å². The molecule has 0 amide bonds. The molecule has 3 aliphatic rings. The fourth-order valence-electron chi connectivity index (χ4n) is 3.55. The zero-order chi connectivity index (χ0) is 16.1. The Balaban J connectivity index is 0.00000208. The Labute approximate surface area is 166 Å². The highest BCUT2D eigenvalue weighted by Crippen LogP contribution is 2.27. The second-order valence-corrected chi connectivity index (χ2v) is 8.05. The van der Waals surface area contributed by atoms with Crippen LogP contribution in [0.3, 0.4) is 0 Å². The van der Waals surface area contributed by atoms with Crippen molar-refractivity contribution in [3.63, 3.8) is 0 Å². The van der Waals surface area contributed by atoms with Gasteiger partial charge < -0.3 is 20.1 Å². The molecule has 2 N–H and O–H groups in total. The van der Waals surface area contributed by atoms with Gasteiger partial charge in [0.15, 0.2) is 5.96 Å². The van der Waals surface area contributed by atoms with Crippen LogP contribution in [-0.2, 0) is 4.74 Å². The highest BCUT2D eigenvalue weighted by Gasteiger charge is 2.32. The number of halogens is 1. The van der Waals surface area contributed by atoms with E-state index in [1.54, 1.807) is 0 Å². The summed E-state index contributed by atoms with van der Waals surface area (Å²) in [6.07, 6.45) is 2.08. The van der Waals surface area contributed by atoms with Gasteiger partial charge in [0.1, 0.15) is 0 Å². The Kier molecular flexibility index (Phi) is 8.39. The first-order chi connectivity index (χ1) is 11.2. The largest absolute Gasteiger partial charge is 0.387 e. The number of hydrogen-bond acceptors (Lipinski definition) is 5. The summed E-state index contributed by atoms with van der Waals surface area (Å²) in [4.78, 5) is 9.27. The van der Waals surface area contributed by atoms with Crippen molar-refractivity contribution in [3.05, 3.63) is 0 Å². The molecule has 140 valence electrons. The second kappa shape index (κ2) is 9.80. The minimum absolute atomic E-state index is 0. The van der Waals surface area contributed by atoms with Crippen LogP contribution in [0.25, 0.3) is 0 Å². The van der Waals surface area contributed by atoms with Gasteiger partial charge in [-0.1, -0.05) is 0 Å². The molecule has 24 heavy (non-hydrogen) atoms. The van der Waals surface area contributed by atoms with E-state index in [9.17, 15) is 5.11 Å². The summed E-state index contributed by atoms with van der Waals surface area (Å²) in [6.45, 7) is 7.79. The van der Waals surface area contributed by atoms with Gasteiger partial charge in [-0.05, 0) is 24.5 Å². The van der Waals surface area contributed by atoms with Gasteiger partial charge in [-0.25, -0.2) is 0 Å². The molecule has 0 aromatic carbocycles. The van der Waals surface area contributed by atoms with Gasteiger partial charge in [0.05, 0.1) is 12.2 Å². The summed E-state index contributed by atoms with van der Waals surface area (Å²) in [5, 5.41) is 13.8. The minimum Gasteiger partial charge on any atom is -0.387 e. The molecule has 3 rings (SSSR count). The van der Waals surface area contributed by atoms with Crippen molar-refractivity contribution in [1.82, 2.24) is 15.1 Å². The molecule has 3 aliphatic heterocycles. The molecular formula is C16H31IN4O2S. The topological polar surface area (TPSA) is 60.3 Å². The fraction of sp³-hybridized carbons (Fsp3) is 0.938. The molecule has 3 heterocycles. The van der Waals surface area contributed by atoms with Crippen molar-refractivity contribution in [1.29, 1.82) is 0 Å². The summed E-state index contributed by atoms with van der Waals surface area (Å²) in [5.74, 6) is 3.53. The number of nitrogens with zero attached hydrogens (tertiary/aromatic N) is 3. The van der Waals surface area contributed by atoms with Gasteiger partial charge in [0.25, 0.3) is 0 Å². The number of thioether (sulfide) groups is 1. The Morgan fingerprint density at radius 1 is 1.38 bits per heavy atom. The smallest absolute Gasteiger partial charge is 0.193 e. The summed E-state index contributed by atoms with van der Waals surface area (Å²) in [5.41, 5.74) is -0.565. The number of aliphatic imine (C=N–C) groups is 1. The summed E-state index contributed by atoms with van der Waals surface area (Å²) >= 11 is 1.83. The molecule has 6 nitrogen and oxygen atoms in total. The molecule has 0 radical (unpaired) electrons. The maximum atomic E-state index is 10.5. The van der Waals surface area contributed by atoms with Gasteiger partial charge in [-0.3, -0.25) is 9.89 Å². The van der Waals surface area contributed by atoms with E-state index in [4.69, 9.17) is 4.74 Å². The normalized spacial score (nSPS) is 32.0. The van der Waals surface area contributed by atoms with Crippen molar-refractivity contribution < 1.29 is 9.84 Å². The van der Waals surface area contributed by atoms with Crippen LogP contribution in [-0.4, -0.2) is 97.5 Å². The molecule has 8 heteroatoms. The highest BCUT2D eigenvalue weighted by atomic mass is 127. The number of rotatable bonds is 4. The number of guanidine groups is 1. The monoisotopic (exact) mass is 470 g/mol. The summed E-state index contributed by atoms with van der Waals surface area (Å²) < 4.78 is 5.47. The van der Waals surface area contributed by atoms with E-state index in [1.807, 2.05) is 18.8 Å². The van der Waals surface area contributed by atoms with E-state index in [2.05, 4.69) is 20.1 Å². The molecule has 3 saturated heterocycles. The molecule has 2 unspecified atom stereocenters. The Morgan fingerprint density at radius 2 is 2.17 bits per heavy atom. The van der Waals surface area contributed by atoms with Gasteiger partial charge in [0.2, 0.25) is 0 Å². The molecule has 2 atom stereocenters. The molecule has 0 bridgehead atoms. The van der Waals surface area contributed by atoms with E-state index in [-0.39, 0.29) is 24.0 Å². The van der Waals surface area contributed by atoms with Crippen LogP contribution in [0.15, 0.2) is 4.99 Å². The van der Waals surface area contributed by atoms with Crippen LogP contribution in [0.1, 0.15) is 12.8 Å². The standard InChI is InChI=1S/C16H30N4O2S.HI/c1-17-15(18-12-16(21)3-9-23-13-16)20-6-4-19(5-7-20)10-14-2-8-22-11-14;/h14,21H,2-13H2,1H3,(H,17,18);1H. The summed E-state index contributed by atoms with van der Waals surface area (Å²) in [6, 6.07) is 0. The molecular weight excluding hydrogens is 439 g/mol. The van der Waals surface area contributed by atoms with Crippen LogP contribution < -0.4 is 5.32 Å². The average molecular weight is 470 g/mol. The molecule has 0 aromatic rings. The van der Waals surface area contributed by atoms with Crippen LogP contribution in [0.2, 0.25) is 0 Å². The van der Waals surface area contributed by atoms with Crippen molar-refractivity contribution in [3.8, 4) is 0 Å². The number of ether oxygens (including phenoxy) is 1. The Hall–Kier alpha value is 0.230. The quantitative estimate of drug-likeness (QED) is 0.359. The third-order valence-corrected chi connectivity index (χ3v) is 6.32. The fourth-order valence-corrected chi connectivity index (χ4v) is 4.84. The third kappa shape index (κ3) is 5.62. The van der Waals surface area contributed by atoms with Crippen LogP contribution in [0.4, 0.5) is 0 Å². The lowest BCUT2D eigenvalue weighted by Gasteiger charge is -2.38. The number of hydrogen-bond donors (Lipinski definition) is 2. The third-order valence-electron chi connectivity index (χ3n) is 5.08. The zero-order valence-electron chi connectivity index (χ0n) is 14.6. The first-order valence-electron chi connectivity index (χ1n) is 8.74. The van der Waals surface area contributed by atoms with Gasteiger partial charge in [0, 0.05) is 58.7 Å². The first-order valence-corrected chi connectivity index (χ1v) is 9.90. The van der Waals surface area contributed by atoms with Crippen LogP contribution >= 0.6 is 35.7 Å². The molecule has 0 saturated carbocycles. The lowest BCUT2D eigenvalue weighted by atomic mass is 10.0. The zero-order valence-corrected chi connectivity index (χ0v) is 17.7. The van der Waals surface area contributed by atoms with E-state index in [0.29, 0.717) is 12.5 Å². The van der Waals surface area contributed by atoms with Crippen LogP contribution in [0, 0.1) is 5.92 Å². The van der Waals surface area contributed by atoms with Crippen molar-refractivity contribution in [2.45, 2.75) is 18.4 Å². The molecule has 0 aliphatic carbocycles. The molecule has 0 spiro atoms. The lowest BCUT2D eigenvalue weighted by molar-refractivity contribution is 0.0710. The Morgan fingerprint density at radius 3 is 2.75 bits per heavy atom. The van der Waals surface area contributed by atoms with E-state index >= 15 is 0 Å². The van der Waals surface area contributed by atoms with Gasteiger partial charge in [-0.15, -0.1) is 24.0 Å². The minimum atomic E-state index is -0.565. The van der Waals surface area contributed by atoms with Gasteiger partial charge >= 0.3 is 0 Å². The average Bonchev–Trinajstić information content (AvgIpc) is 3.22. The van der Waals surface area contributed by atoms with Crippen molar-refractivity contribution in [2.75, 3.05) is 71.0 Å².